The highest BCUT2D eigenvalue weighted by molar-refractivity contribution is 6.18. The van der Waals surface area contributed by atoms with Crippen molar-refractivity contribution in [1.29, 1.82) is 0 Å². The number of aromatic amines is 1. The first-order valence-electron chi connectivity index (χ1n) is 13.6. The Balaban J connectivity index is 1.29. The molecule has 212 valence electrons. The van der Waals surface area contributed by atoms with Crippen molar-refractivity contribution >= 4 is 22.8 Å². The Labute approximate surface area is 239 Å². The number of benzene rings is 2. The highest BCUT2D eigenvalue weighted by Gasteiger charge is 2.45. The van der Waals surface area contributed by atoms with Gasteiger partial charge in [-0.25, -0.2) is 4.98 Å². The highest BCUT2D eigenvalue weighted by Crippen LogP contribution is 2.39. The van der Waals surface area contributed by atoms with E-state index < -0.39 is 5.41 Å². The maximum Gasteiger partial charge on any atom is 0.263 e. The highest BCUT2D eigenvalue weighted by atomic mass is 16.5. The quantitative estimate of drug-likeness (QED) is 0.210. The number of imidazole rings is 1. The van der Waals surface area contributed by atoms with Gasteiger partial charge in [-0.3, -0.25) is 14.5 Å². The van der Waals surface area contributed by atoms with Gasteiger partial charge in [0.25, 0.3) is 5.91 Å². The molecule has 0 spiro atoms. The number of ether oxygens (including phenoxy) is 3. The lowest BCUT2D eigenvalue weighted by Crippen LogP contribution is -2.52. The van der Waals surface area contributed by atoms with Gasteiger partial charge in [-0.1, -0.05) is 24.3 Å². The summed E-state index contributed by atoms with van der Waals surface area (Å²) in [5.74, 6) is 1.99. The molecule has 2 N–H and O–H groups in total. The van der Waals surface area contributed by atoms with E-state index in [0.717, 1.165) is 18.5 Å². The van der Waals surface area contributed by atoms with Gasteiger partial charge in [0.15, 0.2) is 17.3 Å². The first kappa shape index (κ1) is 28.0. The van der Waals surface area contributed by atoms with Gasteiger partial charge in [0.05, 0.1) is 37.8 Å². The number of hydrogen-bond acceptors (Lipinski definition) is 7. The van der Waals surface area contributed by atoms with E-state index in [2.05, 4.69) is 22.4 Å². The smallest absolute Gasteiger partial charge is 0.263 e. The molecular formula is C32H34N4O5. The number of aromatic nitrogens is 2. The summed E-state index contributed by atoms with van der Waals surface area (Å²) in [7, 11) is 4.82. The zero-order chi connectivity index (χ0) is 29.1. The van der Waals surface area contributed by atoms with Crippen molar-refractivity contribution in [2.24, 2.45) is 0 Å². The molecule has 41 heavy (non-hydrogen) atoms. The predicted molar refractivity (Wildman–Crippen MR) is 156 cm³/mol. The Morgan fingerprint density at radius 3 is 2.51 bits per heavy atom. The lowest BCUT2D eigenvalue weighted by Gasteiger charge is -2.37. The number of nitrogens with one attached hydrogen (secondary N) is 2. The van der Waals surface area contributed by atoms with Gasteiger partial charge in [-0.05, 0) is 81.2 Å². The topological polar surface area (TPSA) is 106 Å². The minimum atomic E-state index is -0.873. The number of imide groups is 1. The first-order chi connectivity index (χ1) is 19.8. The minimum absolute atomic E-state index is 0.205. The number of nitrogens with zero attached hydrogens (tertiary/aromatic N) is 2. The molecule has 0 atom stereocenters. The Hall–Kier alpha value is -4.55. The molecular weight excluding hydrogens is 520 g/mol. The van der Waals surface area contributed by atoms with E-state index in [4.69, 9.17) is 19.2 Å². The van der Waals surface area contributed by atoms with Gasteiger partial charge in [0, 0.05) is 6.54 Å². The molecule has 0 fully saturated rings. The van der Waals surface area contributed by atoms with Gasteiger partial charge >= 0.3 is 0 Å². The van der Waals surface area contributed by atoms with E-state index in [1.54, 1.807) is 33.5 Å². The molecule has 0 saturated carbocycles. The van der Waals surface area contributed by atoms with Crippen LogP contribution >= 0.6 is 0 Å². The summed E-state index contributed by atoms with van der Waals surface area (Å²) >= 11 is 0. The van der Waals surface area contributed by atoms with Crippen LogP contribution in [0.4, 0.5) is 0 Å². The van der Waals surface area contributed by atoms with Crippen LogP contribution in [0.15, 0.2) is 42.5 Å². The Morgan fingerprint density at radius 1 is 0.976 bits per heavy atom. The fraction of sp³-hybridized carbons (Fsp3) is 0.344. The summed E-state index contributed by atoms with van der Waals surface area (Å²) in [6.07, 6.45) is 1.44. The molecule has 5 rings (SSSR count). The Morgan fingerprint density at radius 2 is 1.76 bits per heavy atom. The van der Waals surface area contributed by atoms with Crippen LogP contribution in [-0.2, 0) is 16.6 Å². The van der Waals surface area contributed by atoms with Crippen LogP contribution < -0.4 is 19.5 Å². The molecule has 9 heteroatoms. The Kier molecular flexibility index (Phi) is 7.86. The molecule has 0 radical (unpaired) electrons. The lowest BCUT2D eigenvalue weighted by atomic mass is 9.76. The molecule has 0 bridgehead atoms. The molecule has 1 aromatic heterocycles. The molecule has 2 heterocycles. The number of H-pyrrole nitrogens is 1. The monoisotopic (exact) mass is 554 g/mol. The number of rotatable bonds is 11. The predicted octanol–water partition coefficient (Wildman–Crippen LogP) is 4.34. The first-order valence-corrected chi connectivity index (χ1v) is 13.6. The van der Waals surface area contributed by atoms with Crippen molar-refractivity contribution in [3.63, 3.8) is 0 Å². The SMILES string of the molecule is COc1ccc#cc1-c1nc2c3c(ccc2[nH]1)C(C)(C)C(=O)N(CCCNCCc1ccc(OC)c(OC)c1)C3=O. The van der Waals surface area contributed by atoms with Gasteiger partial charge in [0.1, 0.15) is 16.8 Å². The van der Waals surface area contributed by atoms with E-state index in [1.165, 1.54) is 4.90 Å². The average Bonchev–Trinajstić information content (AvgIpc) is 3.43. The van der Waals surface area contributed by atoms with Crippen molar-refractivity contribution in [2.45, 2.75) is 32.1 Å². The zero-order valence-electron chi connectivity index (χ0n) is 24.0. The fourth-order valence-corrected chi connectivity index (χ4v) is 5.29. The van der Waals surface area contributed by atoms with Crippen molar-refractivity contribution in [3.8, 4) is 28.6 Å². The van der Waals surface area contributed by atoms with Crippen LogP contribution in [0.25, 0.3) is 22.4 Å². The van der Waals surface area contributed by atoms with Crippen LogP contribution in [0.3, 0.4) is 0 Å². The summed E-state index contributed by atoms with van der Waals surface area (Å²) in [6, 6.07) is 19.1. The second kappa shape index (κ2) is 11.5. The molecule has 0 unspecified atom stereocenters. The number of hydrogen-bond donors (Lipinski definition) is 2. The average molecular weight is 555 g/mol. The number of carbonyl (C=O) groups is 2. The van der Waals surface area contributed by atoms with Gasteiger partial charge in [-0.15, -0.1) is 0 Å². The van der Waals surface area contributed by atoms with Crippen molar-refractivity contribution in [2.75, 3.05) is 41.0 Å². The van der Waals surface area contributed by atoms with Gasteiger partial charge in [-0.2, -0.15) is 0 Å². The van der Waals surface area contributed by atoms with Crippen molar-refractivity contribution in [3.05, 3.63) is 71.3 Å². The third-order valence-electron chi connectivity index (χ3n) is 7.56. The van der Waals surface area contributed by atoms with E-state index in [9.17, 15) is 9.59 Å². The van der Waals surface area contributed by atoms with Crippen molar-refractivity contribution < 1.29 is 23.8 Å². The second-order valence-electron chi connectivity index (χ2n) is 10.4. The zero-order valence-corrected chi connectivity index (χ0v) is 24.0. The van der Waals surface area contributed by atoms with E-state index in [0.29, 0.717) is 70.3 Å². The molecule has 0 aliphatic carbocycles. The van der Waals surface area contributed by atoms with Crippen LogP contribution in [0.2, 0.25) is 0 Å². The summed E-state index contributed by atoms with van der Waals surface area (Å²) in [4.78, 5) is 36.7. The van der Waals surface area contributed by atoms with Crippen LogP contribution in [-0.4, -0.2) is 67.6 Å². The maximum atomic E-state index is 13.8. The van der Waals surface area contributed by atoms with Gasteiger partial charge in [0.2, 0.25) is 5.91 Å². The fourth-order valence-electron chi connectivity index (χ4n) is 5.29. The molecule has 2 amide bonds. The minimum Gasteiger partial charge on any atom is -0.495 e. The van der Waals surface area contributed by atoms with Gasteiger partial charge < -0.3 is 24.5 Å². The molecule has 4 aromatic rings. The third kappa shape index (κ3) is 5.19. The molecule has 3 aromatic carbocycles. The van der Waals surface area contributed by atoms with Crippen LogP contribution in [0.5, 0.6) is 17.2 Å². The number of methoxy groups -OCH3 is 3. The summed E-state index contributed by atoms with van der Waals surface area (Å²) in [5.41, 5.74) is 3.24. The lowest BCUT2D eigenvalue weighted by molar-refractivity contribution is -0.134. The normalized spacial score (nSPS) is 14.1. The summed E-state index contributed by atoms with van der Waals surface area (Å²) in [6.45, 7) is 5.44. The second-order valence-corrected chi connectivity index (χ2v) is 10.4. The van der Waals surface area contributed by atoms with Crippen molar-refractivity contribution in [1.82, 2.24) is 20.2 Å². The standard InChI is InChI=1S/C32H34N4O5/c1-32(2)22-12-13-23-28(35-29(34-23)21-9-6-7-10-24(21)39-3)27(22)30(37)36(31(32)38)18-8-16-33-17-15-20-11-14-25(40-4)26(19-20)41-5/h7,10-14,19,33H,8,15-18H2,1-5H3,(H,34,35). The molecule has 0 saturated heterocycles. The molecule has 1 aliphatic heterocycles. The van der Waals surface area contributed by atoms with E-state index >= 15 is 0 Å². The largest absolute Gasteiger partial charge is 0.495 e. The summed E-state index contributed by atoms with van der Waals surface area (Å²) < 4.78 is 16.1. The number of carbonyl (C=O) groups excluding carboxylic acids is 2. The third-order valence-corrected chi connectivity index (χ3v) is 7.56. The van der Waals surface area contributed by atoms with E-state index in [1.807, 2.05) is 44.2 Å². The summed E-state index contributed by atoms with van der Waals surface area (Å²) in [5, 5.41) is 3.41. The van der Waals surface area contributed by atoms with Crippen LogP contribution in [0, 0.1) is 12.1 Å². The maximum absolute atomic E-state index is 13.8. The molecule has 1 aliphatic rings. The molecule has 9 nitrogen and oxygen atoms in total. The number of amides is 2. The Bertz CT molecular complexity index is 1590. The van der Waals surface area contributed by atoms with E-state index in [-0.39, 0.29) is 11.8 Å². The number of fused-ring (bicyclic) bond motifs is 3. The van der Waals surface area contributed by atoms with Crippen LogP contribution in [0.1, 0.15) is 41.8 Å².